The number of methoxy groups -OCH3 is 1. The van der Waals surface area contributed by atoms with Gasteiger partial charge in [0.25, 0.3) is 5.91 Å². The maximum absolute atomic E-state index is 12.7. The molecule has 5 heteroatoms. The van der Waals surface area contributed by atoms with Crippen LogP contribution in [0.5, 0.6) is 17.2 Å². The topological polar surface area (TPSA) is 56.8 Å². The molecule has 1 amide bonds. The Morgan fingerprint density at radius 3 is 2.69 bits per heavy atom. The zero-order chi connectivity index (χ0) is 18.7. The Kier molecular flexibility index (Phi) is 5.07. The van der Waals surface area contributed by atoms with E-state index in [4.69, 9.17) is 14.2 Å². The molecule has 3 rings (SSSR count). The van der Waals surface area contributed by atoms with E-state index in [9.17, 15) is 4.79 Å². The van der Waals surface area contributed by atoms with Crippen molar-refractivity contribution >= 4 is 5.91 Å². The third-order valence-corrected chi connectivity index (χ3v) is 4.42. The van der Waals surface area contributed by atoms with E-state index in [0.29, 0.717) is 17.9 Å². The maximum atomic E-state index is 12.7. The highest BCUT2D eigenvalue weighted by Gasteiger charge is 2.35. The molecule has 0 fully saturated rings. The van der Waals surface area contributed by atoms with E-state index in [0.717, 1.165) is 11.3 Å². The summed E-state index contributed by atoms with van der Waals surface area (Å²) in [6.45, 7) is 5.79. The molecule has 138 valence electrons. The van der Waals surface area contributed by atoms with Crippen LogP contribution in [0.25, 0.3) is 0 Å². The molecule has 0 saturated heterocycles. The van der Waals surface area contributed by atoms with Crippen LogP contribution in [0, 0.1) is 0 Å². The molecule has 0 spiro atoms. The molecule has 1 aliphatic rings. The van der Waals surface area contributed by atoms with Crippen LogP contribution >= 0.6 is 0 Å². The van der Waals surface area contributed by atoms with Crippen molar-refractivity contribution in [2.45, 2.75) is 44.9 Å². The van der Waals surface area contributed by atoms with E-state index < -0.39 is 6.10 Å². The second kappa shape index (κ2) is 7.28. The van der Waals surface area contributed by atoms with Gasteiger partial charge in [-0.3, -0.25) is 4.79 Å². The molecule has 2 aromatic carbocycles. The Labute approximate surface area is 154 Å². The van der Waals surface area contributed by atoms with Gasteiger partial charge in [0.15, 0.2) is 6.10 Å². The fraction of sp³-hybridized carbons (Fsp3) is 0.381. The van der Waals surface area contributed by atoms with Gasteiger partial charge in [-0.1, -0.05) is 24.3 Å². The van der Waals surface area contributed by atoms with E-state index >= 15 is 0 Å². The van der Waals surface area contributed by atoms with Gasteiger partial charge in [-0.05, 0) is 39.0 Å². The quantitative estimate of drug-likeness (QED) is 0.884. The van der Waals surface area contributed by atoms with Gasteiger partial charge in [0.2, 0.25) is 0 Å². The largest absolute Gasteiger partial charge is 0.497 e. The SMILES string of the molecule is COc1cccc(O[C@@H](C)C(=O)N[C@H]2CC(C)(C)Oc3ccccc32)c1. The molecule has 2 atom stereocenters. The average Bonchev–Trinajstić information content (AvgIpc) is 2.60. The lowest BCUT2D eigenvalue weighted by atomic mass is 9.89. The van der Waals surface area contributed by atoms with Crippen molar-refractivity contribution in [1.82, 2.24) is 5.32 Å². The van der Waals surface area contributed by atoms with Gasteiger partial charge >= 0.3 is 0 Å². The lowest BCUT2D eigenvalue weighted by Gasteiger charge is -2.38. The minimum Gasteiger partial charge on any atom is -0.497 e. The normalized spacial score (nSPS) is 18.8. The molecule has 1 N–H and O–H groups in total. The Bertz CT molecular complexity index is 787. The molecule has 26 heavy (non-hydrogen) atoms. The van der Waals surface area contributed by atoms with Crippen LogP contribution < -0.4 is 19.5 Å². The predicted molar refractivity (Wildman–Crippen MR) is 99.7 cm³/mol. The Morgan fingerprint density at radius 2 is 1.92 bits per heavy atom. The average molecular weight is 355 g/mol. The van der Waals surface area contributed by atoms with Crippen molar-refractivity contribution in [2.75, 3.05) is 7.11 Å². The zero-order valence-corrected chi connectivity index (χ0v) is 15.6. The summed E-state index contributed by atoms with van der Waals surface area (Å²) in [6.07, 6.45) is 0.0713. The number of carbonyl (C=O) groups excluding carboxylic acids is 1. The third kappa shape index (κ3) is 4.10. The summed E-state index contributed by atoms with van der Waals surface area (Å²) >= 11 is 0. The molecular formula is C21H25NO4. The number of carbonyl (C=O) groups is 1. The van der Waals surface area contributed by atoms with Gasteiger partial charge in [-0.15, -0.1) is 0 Å². The summed E-state index contributed by atoms with van der Waals surface area (Å²) in [7, 11) is 1.60. The second-order valence-electron chi connectivity index (χ2n) is 7.10. The molecule has 0 radical (unpaired) electrons. The zero-order valence-electron chi connectivity index (χ0n) is 15.6. The summed E-state index contributed by atoms with van der Waals surface area (Å²) in [5.74, 6) is 1.94. The van der Waals surface area contributed by atoms with E-state index in [1.54, 1.807) is 26.2 Å². The third-order valence-electron chi connectivity index (χ3n) is 4.42. The van der Waals surface area contributed by atoms with Gasteiger partial charge < -0.3 is 19.5 Å². The van der Waals surface area contributed by atoms with Crippen molar-refractivity contribution in [2.24, 2.45) is 0 Å². The van der Waals surface area contributed by atoms with E-state index in [-0.39, 0.29) is 17.6 Å². The van der Waals surface area contributed by atoms with E-state index in [2.05, 4.69) is 5.32 Å². The molecule has 0 unspecified atom stereocenters. The van der Waals surface area contributed by atoms with Crippen LogP contribution in [0.4, 0.5) is 0 Å². The number of ether oxygens (including phenoxy) is 3. The molecular weight excluding hydrogens is 330 g/mol. The number of benzene rings is 2. The fourth-order valence-electron chi connectivity index (χ4n) is 3.15. The number of nitrogens with one attached hydrogen (secondary N) is 1. The number of hydrogen-bond acceptors (Lipinski definition) is 4. The monoisotopic (exact) mass is 355 g/mol. The fourth-order valence-corrected chi connectivity index (χ4v) is 3.15. The summed E-state index contributed by atoms with van der Waals surface area (Å²) < 4.78 is 17.0. The summed E-state index contributed by atoms with van der Waals surface area (Å²) in [5, 5.41) is 3.10. The summed E-state index contributed by atoms with van der Waals surface area (Å²) in [5.41, 5.74) is 0.650. The Balaban J connectivity index is 1.70. The lowest BCUT2D eigenvalue weighted by molar-refractivity contribution is -0.128. The van der Waals surface area contributed by atoms with Crippen LogP contribution in [0.1, 0.15) is 38.8 Å². The maximum Gasteiger partial charge on any atom is 0.261 e. The van der Waals surface area contributed by atoms with Crippen molar-refractivity contribution < 1.29 is 19.0 Å². The summed E-state index contributed by atoms with van der Waals surface area (Å²) in [6, 6.07) is 14.9. The van der Waals surface area contributed by atoms with E-state index in [1.807, 2.05) is 50.2 Å². The van der Waals surface area contributed by atoms with Crippen LogP contribution in [0.15, 0.2) is 48.5 Å². The number of fused-ring (bicyclic) bond motifs is 1. The van der Waals surface area contributed by atoms with Gasteiger partial charge in [-0.2, -0.15) is 0 Å². The van der Waals surface area contributed by atoms with Crippen molar-refractivity contribution in [1.29, 1.82) is 0 Å². The van der Waals surface area contributed by atoms with Crippen molar-refractivity contribution in [3.8, 4) is 17.2 Å². The number of para-hydroxylation sites is 1. The summed E-state index contributed by atoms with van der Waals surface area (Å²) in [4.78, 5) is 12.7. The highest BCUT2D eigenvalue weighted by atomic mass is 16.5. The number of hydrogen-bond donors (Lipinski definition) is 1. The van der Waals surface area contributed by atoms with Gasteiger partial charge in [0.05, 0.1) is 13.2 Å². The first kappa shape index (κ1) is 18.1. The smallest absolute Gasteiger partial charge is 0.261 e. The first-order chi connectivity index (χ1) is 12.4. The van der Waals surface area contributed by atoms with Crippen molar-refractivity contribution in [3.05, 3.63) is 54.1 Å². The van der Waals surface area contributed by atoms with Crippen molar-refractivity contribution in [3.63, 3.8) is 0 Å². The van der Waals surface area contributed by atoms with Gasteiger partial charge in [0, 0.05) is 18.1 Å². The minimum absolute atomic E-state index is 0.112. The van der Waals surface area contributed by atoms with Gasteiger partial charge in [-0.25, -0.2) is 0 Å². The Morgan fingerprint density at radius 1 is 1.19 bits per heavy atom. The molecule has 0 aromatic heterocycles. The van der Waals surface area contributed by atoms with Crippen LogP contribution in [0.2, 0.25) is 0 Å². The molecule has 5 nitrogen and oxygen atoms in total. The first-order valence-corrected chi connectivity index (χ1v) is 8.77. The molecule has 1 heterocycles. The standard InChI is InChI=1S/C21H25NO4/c1-14(25-16-9-7-8-15(12-16)24-4)20(23)22-18-13-21(2,3)26-19-11-6-5-10-17(18)19/h5-12,14,18H,13H2,1-4H3,(H,22,23)/t14-,18-/m0/s1. The first-order valence-electron chi connectivity index (χ1n) is 8.77. The second-order valence-corrected chi connectivity index (χ2v) is 7.10. The minimum atomic E-state index is -0.625. The highest BCUT2D eigenvalue weighted by Crippen LogP contribution is 2.39. The molecule has 0 saturated carbocycles. The van der Waals surface area contributed by atoms with Crippen LogP contribution in [-0.4, -0.2) is 24.7 Å². The predicted octanol–water partition coefficient (Wildman–Crippen LogP) is 3.88. The lowest BCUT2D eigenvalue weighted by Crippen LogP contribution is -2.44. The van der Waals surface area contributed by atoms with Crippen LogP contribution in [-0.2, 0) is 4.79 Å². The molecule has 0 bridgehead atoms. The highest BCUT2D eigenvalue weighted by molar-refractivity contribution is 5.81. The molecule has 1 aliphatic heterocycles. The Hall–Kier alpha value is -2.69. The van der Waals surface area contributed by atoms with E-state index in [1.165, 1.54) is 0 Å². The van der Waals surface area contributed by atoms with Crippen LogP contribution in [0.3, 0.4) is 0 Å². The number of amides is 1. The number of rotatable bonds is 5. The molecule has 0 aliphatic carbocycles. The van der Waals surface area contributed by atoms with Gasteiger partial charge in [0.1, 0.15) is 22.8 Å². The molecule has 2 aromatic rings.